The second-order valence-corrected chi connectivity index (χ2v) is 5.57. The Kier molecular flexibility index (Phi) is 2.53. The zero-order valence-electron chi connectivity index (χ0n) is 10.2. The lowest BCUT2D eigenvalue weighted by atomic mass is 9.70. The molecule has 2 nitrogen and oxygen atoms in total. The van der Waals surface area contributed by atoms with Crippen molar-refractivity contribution in [2.45, 2.75) is 39.2 Å². The molecule has 16 heavy (non-hydrogen) atoms. The minimum Gasteiger partial charge on any atom is -0.351 e. The molecule has 1 amide bonds. The van der Waals surface area contributed by atoms with Gasteiger partial charge in [-0.05, 0) is 25.8 Å². The van der Waals surface area contributed by atoms with Crippen molar-refractivity contribution < 1.29 is 4.79 Å². The van der Waals surface area contributed by atoms with Crippen LogP contribution >= 0.6 is 0 Å². The van der Waals surface area contributed by atoms with E-state index in [1.165, 1.54) is 5.56 Å². The first-order valence-corrected chi connectivity index (χ1v) is 5.78. The van der Waals surface area contributed by atoms with Crippen LogP contribution < -0.4 is 5.32 Å². The summed E-state index contributed by atoms with van der Waals surface area (Å²) in [6.07, 6.45) is 1.56. The molecule has 1 saturated heterocycles. The second kappa shape index (κ2) is 3.62. The Morgan fingerprint density at radius 3 is 2.31 bits per heavy atom. The Labute approximate surface area is 97.1 Å². The van der Waals surface area contributed by atoms with E-state index >= 15 is 0 Å². The molecule has 0 bridgehead atoms. The molecule has 0 aromatic heterocycles. The first kappa shape index (κ1) is 11.2. The number of amides is 1. The molecular weight excluding hydrogens is 198 g/mol. The molecule has 0 aliphatic carbocycles. The summed E-state index contributed by atoms with van der Waals surface area (Å²) >= 11 is 0. The van der Waals surface area contributed by atoms with Gasteiger partial charge in [0.1, 0.15) is 0 Å². The zero-order chi connectivity index (χ0) is 11.8. The number of hydrogen-bond acceptors (Lipinski definition) is 1. The van der Waals surface area contributed by atoms with Crippen LogP contribution in [0, 0.1) is 5.41 Å². The predicted molar refractivity (Wildman–Crippen MR) is 65.1 cm³/mol. The molecule has 86 valence electrons. The van der Waals surface area contributed by atoms with Crippen molar-refractivity contribution in [1.29, 1.82) is 0 Å². The lowest BCUT2D eigenvalue weighted by Crippen LogP contribution is -2.46. The van der Waals surface area contributed by atoms with Gasteiger partial charge in [0.25, 0.3) is 0 Å². The van der Waals surface area contributed by atoms with Gasteiger partial charge in [0.15, 0.2) is 0 Å². The average molecular weight is 217 g/mol. The van der Waals surface area contributed by atoms with Gasteiger partial charge in [-0.1, -0.05) is 37.3 Å². The Bertz CT molecular complexity index is 396. The Morgan fingerprint density at radius 2 is 1.81 bits per heavy atom. The molecule has 1 aromatic rings. The summed E-state index contributed by atoms with van der Waals surface area (Å²) < 4.78 is 0. The topological polar surface area (TPSA) is 29.1 Å². The molecule has 1 aliphatic heterocycles. The quantitative estimate of drug-likeness (QED) is 0.810. The highest BCUT2D eigenvalue weighted by atomic mass is 16.2. The van der Waals surface area contributed by atoms with E-state index < -0.39 is 0 Å². The standard InChI is InChI=1S/C14H19NO/c1-13(2)14(3,10-12(16)15-13)9-11-7-5-4-6-8-11/h4-8H,9-10H2,1-3H3,(H,15,16). The van der Waals surface area contributed by atoms with E-state index in [9.17, 15) is 4.79 Å². The van der Waals surface area contributed by atoms with Crippen LogP contribution in [-0.4, -0.2) is 11.4 Å². The van der Waals surface area contributed by atoms with Crippen LogP contribution in [-0.2, 0) is 11.2 Å². The molecule has 2 heteroatoms. The van der Waals surface area contributed by atoms with Crippen LogP contribution in [0.2, 0.25) is 0 Å². The first-order chi connectivity index (χ1) is 7.43. The molecule has 1 unspecified atom stereocenters. The van der Waals surface area contributed by atoms with Gasteiger partial charge in [-0.2, -0.15) is 0 Å². The smallest absolute Gasteiger partial charge is 0.221 e. The Balaban J connectivity index is 2.23. The lowest BCUT2D eigenvalue weighted by Gasteiger charge is -2.37. The fourth-order valence-corrected chi connectivity index (χ4v) is 2.45. The van der Waals surface area contributed by atoms with Gasteiger partial charge < -0.3 is 5.32 Å². The van der Waals surface area contributed by atoms with Crippen LogP contribution in [0.25, 0.3) is 0 Å². The van der Waals surface area contributed by atoms with Gasteiger partial charge in [-0.15, -0.1) is 0 Å². The maximum Gasteiger partial charge on any atom is 0.221 e. The lowest BCUT2D eigenvalue weighted by molar-refractivity contribution is -0.119. The van der Waals surface area contributed by atoms with Crippen molar-refractivity contribution in [3.05, 3.63) is 35.9 Å². The SMILES string of the molecule is CC1(Cc2ccccc2)CC(=O)NC1(C)C. The normalized spacial score (nSPS) is 27.8. The van der Waals surface area contributed by atoms with Crippen LogP contribution in [0.1, 0.15) is 32.8 Å². The minimum absolute atomic E-state index is 0.00539. The maximum absolute atomic E-state index is 11.6. The van der Waals surface area contributed by atoms with Crippen molar-refractivity contribution >= 4 is 5.91 Å². The summed E-state index contributed by atoms with van der Waals surface area (Å²) in [4.78, 5) is 11.6. The third-order valence-electron chi connectivity index (χ3n) is 3.95. The molecule has 1 aliphatic rings. The van der Waals surface area contributed by atoms with Crippen LogP contribution in [0.5, 0.6) is 0 Å². The average Bonchev–Trinajstić information content (AvgIpc) is 2.36. The fraction of sp³-hybridized carbons (Fsp3) is 0.500. The van der Waals surface area contributed by atoms with Gasteiger partial charge in [0, 0.05) is 17.4 Å². The third kappa shape index (κ3) is 1.84. The predicted octanol–water partition coefficient (Wildman–Crippen LogP) is 2.53. The number of rotatable bonds is 2. The molecule has 1 atom stereocenters. The van der Waals surface area contributed by atoms with Crippen LogP contribution in [0.4, 0.5) is 0 Å². The van der Waals surface area contributed by atoms with Crippen molar-refractivity contribution in [3.63, 3.8) is 0 Å². The molecule has 0 saturated carbocycles. The fourth-order valence-electron chi connectivity index (χ4n) is 2.45. The van der Waals surface area contributed by atoms with E-state index in [1.54, 1.807) is 0 Å². The zero-order valence-corrected chi connectivity index (χ0v) is 10.2. The highest BCUT2D eigenvalue weighted by Crippen LogP contribution is 2.42. The number of nitrogens with one attached hydrogen (secondary N) is 1. The van der Waals surface area contributed by atoms with Gasteiger partial charge in [-0.25, -0.2) is 0 Å². The first-order valence-electron chi connectivity index (χ1n) is 5.78. The number of hydrogen-bond donors (Lipinski definition) is 1. The van der Waals surface area contributed by atoms with Gasteiger partial charge >= 0.3 is 0 Å². The van der Waals surface area contributed by atoms with Crippen molar-refractivity contribution in [3.8, 4) is 0 Å². The monoisotopic (exact) mass is 217 g/mol. The van der Waals surface area contributed by atoms with E-state index in [1.807, 2.05) is 6.07 Å². The highest BCUT2D eigenvalue weighted by molar-refractivity contribution is 5.80. The molecule has 0 spiro atoms. The van der Waals surface area contributed by atoms with E-state index in [4.69, 9.17) is 0 Å². The van der Waals surface area contributed by atoms with Crippen molar-refractivity contribution in [2.75, 3.05) is 0 Å². The van der Waals surface area contributed by atoms with E-state index in [0.29, 0.717) is 6.42 Å². The largest absolute Gasteiger partial charge is 0.351 e. The van der Waals surface area contributed by atoms with E-state index in [0.717, 1.165) is 6.42 Å². The third-order valence-corrected chi connectivity index (χ3v) is 3.95. The molecule has 2 rings (SSSR count). The second-order valence-electron chi connectivity index (χ2n) is 5.57. The molecule has 1 aromatic carbocycles. The van der Waals surface area contributed by atoms with Gasteiger partial charge in [-0.3, -0.25) is 4.79 Å². The molecule has 1 fully saturated rings. The van der Waals surface area contributed by atoms with Crippen molar-refractivity contribution in [1.82, 2.24) is 5.32 Å². The number of carbonyl (C=O) groups is 1. The van der Waals surface area contributed by atoms with Crippen LogP contribution in [0.15, 0.2) is 30.3 Å². The molecule has 1 heterocycles. The Hall–Kier alpha value is -1.31. The summed E-state index contributed by atoms with van der Waals surface area (Å²) in [6.45, 7) is 6.42. The Morgan fingerprint density at radius 1 is 1.19 bits per heavy atom. The summed E-state index contributed by atoms with van der Waals surface area (Å²) in [7, 11) is 0. The van der Waals surface area contributed by atoms with E-state index in [2.05, 4.69) is 50.4 Å². The number of benzene rings is 1. The van der Waals surface area contributed by atoms with E-state index in [-0.39, 0.29) is 16.9 Å². The summed E-state index contributed by atoms with van der Waals surface area (Å²) in [5.41, 5.74) is 1.18. The highest BCUT2D eigenvalue weighted by Gasteiger charge is 2.48. The van der Waals surface area contributed by atoms with Gasteiger partial charge in [0.2, 0.25) is 5.91 Å². The van der Waals surface area contributed by atoms with Crippen molar-refractivity contribution in [2.24, 2.45) is 5.41 Å². The summed E-state index contributed by atoms with van der Waals surface area (Å²) in [5, 5.41) is 3.07. The summed E-state index contributed by atoms with van der Waals surface area (Å²) in [6, 6.07) is 10.4. The summed E-state index contributed by atoms with van der Waals surface area (Å²) in [5.74, 6) is 0.170. The molecule has 1 N–H and O–H groups in total. The molecule has 0 radical (unpaired) electrons. The van der Waals surface area contributed by atoms with Crippen LogP contribution in [0.3, 0.4) is 0 Å². The minimum atomic E-state index is -0.125. The maximum atomic E-state index is 11.6. The number of carbonyl (C=O) groups excluding carboxylic acids is 1. The van der Waals surface area contributed by atoms with Gasteiger partial charge in [0.05, 0.1) is 0 Å². The molecular formula is C14H19NO.